The SMILES string of the molecule is COc1ccc(C(C)NCCCOCCO)c(O)c1. The molecule has 3 N–H and O–H groups in total. The number of benzene rings is 1. The van der Waals surface area contributed by atoms with Gasteiger partial charge in [0, 0.05) is 24.3 Å². The Hall–Kier alpha value is -1.30. The molecule has 0 aliphatic heterocycles. The van der Waals surface area contributed by atoms with Crippen LogP contribution in [0.1, 0.15) is 24.9 Å². The van der Waals surface area contributed by atoms with Crippen LogP contribution in [0, 0.1) is 0 Å². The third-order valence-corrected chi connectivity index (χ3v) is 2.86. The summed E-state index contributed by atoms with van der Waals surface area (Å²) in [5, 5.41) is 21.8. The van der Waals surface area contributed by atoms with Gasteiger partial charge < -0.3 is 25.0 Å². The summed E-state index contributed by atoms with van der Waals surface area (Å²) in [5.41, 5.74) is 0.845. The average molecular weight is 269 g/mol. The first kappa shape index (κ1) is 15.8. The van der Waals surface area contributed by atoms with Crippen molar-refractivity contribution in [3.05, 3.63) is 23.8 Å². The fourth-order valence-electron chi connectivity index (χ4n) is 1.79. The number of rotatable bonds is 9. The molecule has 0 bridgehead atoms. The van der Waals surface area contributed by atoms with Gasteiger partial charge in [0.15, 0.2) is 0 Å². The first-order valence-electron chi connectivity index (χ1n) is 6.48. The van der Waals surface area contributed by atoms with Gasteiger partial charge in [-0.05, 0) is 26.0 Å². The quantitative estimate of drug-likeness (QED) is 0.592. The Morgan fingerprint density at radius 2 is 2.11 bits per heavy atom. The Balaban J connectivity index is 2.34. The molecule has 1 rings (SSSR count). The van der Waals surface area contributed by atoms with Crippen LogP contribution in [-0.4, -0.2) is 43.7 Å². The minimum absolute atomic E-state index is 0.0590. The molecule has 19 heavy (non-hydrogen) atoms. The topological polar surface area (TPSA) is 71.0 Å². The van der Waals surface area contributed by atoms with Crippen molar-refractivity contribution in [1.29, 1.82) is 0 Å². The average Bonchev–Trinajstić information content (AvgIpc) is 2.42. The van der Waals surface area contributed by atoms with Crippen LogP contribution in [0.3, 0.4) is 0 Å². The molecule has 0 spiro atoms. The molecule has 0 fully saturated rings. The van der Waals surface area contributed by atoms with Crippen molar-refractivity contribution < 1.29 is 19.7 Å². The van der Waals surface area contributed by atoms with Gasteiger partial charge in [-0.3, -0.25) is 0 Å². The van der Waals surface area contributed by atoms with E-state index in [-0.39, 0.29) is 18.4 Å². The van der Waals surface area contributed by atoms with E-state index in [1.165, 1.54) is 0 Å². The lowest BCUT2D eigenvalue weighted by Gasteiger charge is -2.16. The van der Waals surface area contributed by atoms with Gasteiger partial charge in [0.25, 0.3) is 0 Å². The van der Waals surface area contributed by atoms with Gasteiger partial charge >= 0.3 is 0 Å². The van der Waals surface area contributed by atoms with E-state index in [0.29, 0.717) is 19.0 Å². The predicted octanol–water partition coefficient (Wildman–Crippen LogP) is 1.45. The Kier molecular flexibility index (Phi) is 7.25. The van der Waals surface area contributed by atoms with Crippen LogP contribution < -0.4 is 10.1 Å². The Bertz CT molecular complexity index is 370. The van der Waals surface area contributed by atoms with Gasteiger partial charge in [0.2, 0.25) is 0 Å². The van der Waals surface area contributed by atoms with Crippen LogP contribution in [0.5, 0.6) is 11.5 Å². The maximum absolute atomic E-state index is 9.89. The van der Waals surface area contributed by atoms with Crippen LogP contribution in [0.15, 0.2) is 18.2 Å². The van der Waals surface area contributed by atoms with Crippen LogP contribution in [-0.2, 0) is 4.74 Å². The number of hydrogen-bond donors (Lipinski definition) is 3. The minimum Gasteiger partial charge on any atom is -0.507 e. The van der Waals surface area contributed by atoms with Crippen molar-refractivity contribution in [2.24, 2.45) is 0 Å². The van der Waals surface area contributed by atoms with E-state index >= 15 is 0 Å². The highest BCUT2D eigenvalue weighted by atomic mass is 16.5. The van der Waals surface area contributed by atoms with Gasteiger partial charge in [-0.2, -0.15) is 0 Å². The number of aromatic hydroxyl groups is 1. The van der Waals surface area contributed by atoms with E-state index < -0.39 is 0 Å². The zero-order valence-corrected chi connectivity index (χ0v) is 11.6. The van der Waals surface area contributed by atoms with Crippen molar-refractivity contribution in [2.75, 3.05) is 33.5 Å². The van der Waals surface area contributed by atoms with Crippen LogP contribution in [0.2, 0.25) is 0 Å². The molecule has 1 aromatic rings. The minimum atomic E-state index is 0.0590. The van der Waals surface area contributed by atoms with E-state index in [1.54, 1.807) is 13.2 Å². The summed E-state index contributed by atoms with van der Waals surface area (Å²) in [7, 11) is 1.57. The largest absolute Gasteiger partial charge is 0.507 e. The number of nitrogens with one attached hydrogen (secondary N) is 1. The highest BCUT2D eigenvalue weighted by Gasteiger charge is 2.10. The lowest BCUT2D eigenvalue weighted by molar-refractivity contribution is 0.0904. The number of aliphatic hydroxyl groups excluding tert-OH is 1. The molecule has 1 aromatic carbocycles. The first-order chi connectivity index (χ1) is 9.19. The molecule has 1 atom stereocenters. The standard InChI is InChI=1S/C14H23NO4/c1-11(15-6-3-8-19-9-7-16)13-5-4-12(18-2)10-14(13)17/h4-5,10-11,15-17H,3,6-9H2,1-2H3. The van der Waals surface area contributed by atoms with Gasteiger partial charge in [0.1, 0.15) is 11.5 Å². The van der Waals surface area contributed by atoms with Crippen molar-refractivity contribution in [2.45, 2.75) is 19.4 Å². The maximum atomic E-state index is 9.89. The number of phenols is 1. The molecule has 0 saturated heterocycles. The van der Waals surface area contributed by atoms with E-state index in [0.717, 1.165) is 18.5 Å². The number of ether oxygens (including phenoxy) is 2. The Morgan fingerprint density at radius 1 is 1.32 bits per heavy atom. The molecule has 0 radical (unpaired) electrons. The normalized spacial score (nSPS) is 12.4. The smallest absolute Gasteiger partial charge is 0.124 e. The summed E-state index contributed by atoms with van der Waals surface area (Å²) < 4.78 is 10.2. The molecule has 0 heterocycles. The van der Waals surface area contributed by atoms with Crippen LogP contribution in [0.25, 0.3) is 0 Å². The van der Waals surface area contributed by atoms with E-state index in [4.69, 9.17) is 14.6 Å². The van der Waals surface area contributed by atoms with Crippen molar-refractivity contribution in [1.82, 2.24) is 5.32 Å². The monoisotopic (exact) mass is 269 g/mol. The number of hydrogen-bond acceptors (Lipinski definition) is 5. The molecule has 0 aliphatic carbocycles. The number of methoxy groups -OCH3 is 1. The highest BCUT2D eigenvalue weighted by Crippen LogP contribution is 2.28. The lowest BCUT2D eigenvalue weighted by atomic mass is 10.1. The summed E-state index contributed by atoms with van der Waals surface area (Å²) >= 11 is 0. The number of aliphatic hydroxyl groups is 1. The maximum Gasteiger partial charge on any atom is 0.124 e. The fraction of sp³-hybridized carbons (Fsp3) is 0.571. The Morgan fingerprint density at radius 3 is 2.74 bits per heavy atom. The summed E-state index contributed by atoms with van der Waals surface area (Å²) in [4.78, 5) is 0. The molecule has 0 amide bonds. The molecule has 0 saturated carbocycles. The van der Waals surface area contributed by atoms with Crippen molar-refractivity contribution in [3.63, 3.8) is 0 Å². The highest BCUT2D eigenvalue weighted by molar-refractivity contribution is 5.41. The van der Waals surface area contributed by atoms with Crippen molar-refractivity contribution >= 4 is 0 Å². The van der Waals surface area contributed by atoms with Gasteiger partial charge in [0.05, 0.1) is 20.3 Å². The molecular formula is C14H23NO4. The molecule has 5 nitrogen and oxygen atoms in total. The Labute approximate surface area is 114 Å². The first-order valence-corrected chi connectivity index (χ1v) is 6.48. The second kappa shape index (κ2) is 8.74. The molecule has 5 heteroatoms. The zero-order chi connectivity index (χ0) is 14.1. The predicted molar refractivity (Wildman–Crippen MR) is 73.6 cm³/mol. The molecule has 1 unspecified atom stereocenters. The molecule has 108 valence electrons. The summed E-state index contributed by atoms with van der Waals surface area (Å²) in [6.07, 6.45) is 0.862. The second-order valence-electron chi connectivity index (χ2n) is 4.29. The van der Waals surface area contributed by atoms with E-state index in [1.807, 2.05) is 19.1 Å². The van der Waals surface area contributed by atoms with E-state index in [9.17, 15) is 5.11 Å². The molecular weight excluding hydrogens is 246 g/mol. The molecule has 0 aromatic heterocycles. The van der Waals surface area contributed by atoms with Crippen LogP contribution in [0.4, 0.5) is 0 Å². The van der Waals surface area contributed by atoms with E-state index in [2.05, 4.69) is 5.32 Å². The van der Waals surface area contributed by atoms with Gasteiger partial charge in [-0.1, -0.05) is 6.07 Å². The zero-order valence-electron chi connectivity index (χ0n) is 11.6. The third-order valence-electron chi connectivity index (χ3n) is 2.86. The van der Waals surface area contributed by atoms with Crippen LogP contribution >= 0.6 is 0 Å². The summed E-state index contributed by atoms with van der Waals surface area (Å²) in [6.45, 7) is 3.85. The fourth-order valence-corrected chi connectivity index (χ4v) is 1.79. The number of phenolic OH excluding ortho intramolecular Hbond substituents is 1. The summed E-state index contributed by atoms with van der Waals surface area (Å²) in [6, 6.07) is 5.35. The van der Waals surface area contributed by atoms with Gasteiger partial charge in [-0.25, -0.2) is 0 Å². The lowest BCUT2D eigenvalue weighted by Crippen LogP contribution is -2.21. The second-order valence-corrected chi connectivity index (χ2v) is 4.29. The third kappa shape index (κ3) is 5.46. The molecule has 0 aliphatic rings. The summed E-state index contributed by atoms with van der Waals surface area (Å²) in [5.74, 6) is 0.877. The van der Waals surface area contributed by atoms with Crippen molar-refractivity contribution in [3.8, 4) is 11.5 Å². The van der Waals surface area contributed by atoms with Gasteiger partial charge in [-0.15, -0.1) is 0 Å².